The molecule has 0 saturated carbocycles. The quantitative estimate of drug-likeness (QED) is 0.743. The third-order valence-electron chi connectivity index (χ3n) is 4.17. The van der Waals surface area contributed by atoms with Crippen LogP contribution in [0.1, 0.15) is 22.8 Å². The van der Waals surface area contributed by atoms with Crippen molar-refractivity contribution in [1.29, 1.82) is 0 Å². The lowest BCUT2D eigenvalue weighted by atomic mass is 10.0. The number of halogens is 4. The fourth-order valence-corrected chi connectivity index (χ4v) is 3.51. The van der Waals surface area contributed by atoms with E-state index in [2.05, 4.69) is 31.1 Å². The van der Waals surface area contributed by atoms with Crippen molar-refractivity contribution in [3.8, 4) is 0 Å². The van der Waals surface area contributed by atoms with Crippen molar-refractivity contribution < 1.29 is 22.7 Å². The van der Waals surface area contributed by atoms with Crippen LogP contribution < -0.4 is 5.32 Å². The van der Waals surface area contributed by atoms with Crippen LogP contribution in [-0.4, -0.2) is 48.6 Å². The lowest BCUT2D eigenvalue weighted by Gasteiger charge is -2.37. The number of pyridine rings is 1. The highest BCUT2D eigenvalue weighted by molar-refractivity contribution is 9.10. The molecule has 0 bridgehead atoms. The Labute approximate surface area is 156 Å². The van der Waals surface area contributed by atoms with Crippen LogP contribution in [0.2, 0.25) is 0 Å². The molecule has 1 fully saturated rings. The fraction of sp³-hybridized carbons (Fsp3) is 0.412. The van der Waals surface area contributed by atoms with Crippen molar-refractivity contribution in [2.24, 2.45) is 0 Å². The molecule has 3 rings (SSSR count). The van der Waals surface area contributed by atoms with Gasteiger partial charge in [0.1, 0.15) is 5.56 Å². The summed E-state index contributed by atoms with van der Waals surface area (Å²) < 4.78 is 44.4. The first-order valence-electron chi connectivity index (χ1n) is 8.02. The molecule has 140 valence electrons. The summed E-state index contributed by atoms with van der Waals surface area (Å²) in [4.78, 5) is 18.4. The second-order valence-corrected chi connectivity index (χ2v) is 7.03. The molecular weight excluding hydrogens is 415 g/mol. The fourth-order valence-electron chi connectivity index (χ4n) is 2.94. The Morgan fingerprint density at radius 3 is 2.69 bits per heavy atom. The summed E-state index contributed by atoms with van der Waals surface area (Å²) in [6.45, 7) is 3.42. The van der Waals surface area contributed by atoms with E-state index in [0.29, 0.717) is 11.1 Å². The number of likely N-dealkylation sites (tertiary alicyclic amines) is 1. The van der Waals surface area contributed by atoms with Gasteiger partial charge in [-0.05, 0) is 26.1 Å². The SMILES string of the molecule is CCOC(=O)c1cnc2cc(C(F)(F)F)c(Br)cc2c1NC1CN(C)C1. The van der Waals surface area contributed by atoms with E-state index in [0.717, 1.165) is 19.2 Å². The van der Waals surface area contributed by atoms with Crippen LogP contribution in [0.3, 0.4) is 0 Å². The zero-order chi connectivity index (χ0) is 19.1. The number of carbonyl (C=O) groups is 1. The van der Waals surface area contributed by atoms with Crippen molar-refractivity contribution >= 4 is 38.5 Å². The molecule has 2 heterocycles. The van der Waals surface area contributed by atoms with Crippen molar-refractivity contribution in [3.63, 3.8) is 0 Å². The number of alkyl halides is 3. The summed E-state index contributed by atoms with van der Waals surface area (Å²) in [5, 5.41) is 3.70. The molecule has 0 amide bonds. The minimum Gasteiger partial charge on any atom is -0.462 e. The highest BCUT2D eigenvalue weighted by Gasteiger charge is 2.34. The predicted molar refractivity (Wildman–Crippen MR) is 95.3 cm³/mol. The number of hydrogen-bond acceptors (Lipinski definition) is 5. The van der Waals surface area contributed by atoms with Gasteiger partial charge < -0.3 is 15.0 Å². The Bertz CT molecular complexity index is 851. The maximum Gasteiger partial charge on any atom is 0.417 e. The highest BCUT2D eigenvalue weighted by Crippen LogP contribution is 2.39. The molecule has 1 aliphatic heterocycles. The molecule has 0 unspecified atom stereocenters. The average molecular weight is 432 g/mol. The zero-order valence-corrected chi connectivity index (χ0v) is 15.7. The molecule has 0 spiro atoms. The maximum atomic E-state index is 13.1. The highest BCUT2D eigenvalue weighted by atomic mass is 79.9. The summed E-state index contributed by atoms with van der Waals surface area (Å²) in [6, 6.07) is 2.42. The number of benzene rings is 1. The Kier molecular flexibility index (Phi) is 5.12. The second-order valence-electron chi connectivity index (χ2n) is 6.18. The minimum absolute atomic E-state index is 0.0971. The van der Waals surface area contributed by atoms with Gasteiger partial charge >= 0.3 is 12.1 Å². The molecule has 2 aromatic rings. The van der Waals surface area contributed by atoms with Gasteiger partial charge in [-0.15, -0.1) is 0 Å². The number of rotatable bonds is 4. The van der Waals surface area contributed by atoms with Crippen LogP contribution in [-0.2, 0) is 10.9 Å². The first-order valence-corrected chi connectivity index (χ1v) is 8.81. The smallest absolute Gasteiger partial charge is 0.417 e. The average Bonchev–Trinajstić information content (AvgIpc) is 2.52. The molecule has 0 atom stereocenters. The number of ether oxygens (including phenoxy) is 1. The molecule has 1 aliphatic rings. The van der Waals surface area contributed by atoms with Gasteiger partial charge in [-0.25, -0.2) is 4.79 Å². The van der Waals surface area contributed by atoms with E-state index in [1.165, 1.54) is 12.3 Å². The number of anilines is 1. The van der Waals surface area contributed by atoms with Gasteiger partial charge in [0.15, 0.2) is 0 Å². The maximum absolute atomic E-state index is 13.1. The molecule has 0 aliphatic carbocycles. The Morgan fingerprint density at radius 2 is 2.12 bits per heavy atom. The number of likely N-dealkylation sites (N-methyl/N-ethyl adjacent to an activating group) is 1. The molecule has 1 aromatic carbocycles. The number of hydrogen-bond donors (Lipinski definition) is 1. The standard InChI is InChI=1S/C17H17BrF3N3O2/c1-3-26-16(25)11-6-22-14-5-12(17(19,20)21)13(18)4-10(14)15(11)23-9-7-24(2)8-9/h4-6,9H,3,7-8H2,1-2H3,(H,22,23). The van der Waals surface area contributed by atoms with Gasteiger partial charge in [-0.3, -0.25) is 4.98 Å². The van der Waals surface area contributed by atoms with Crippen molar-refractivity contribution in [1.82, 2.24) is 9.88 Å². The predicted octanol–water partition coefficient (Wildman–Crippen LogP) is 3.92. The molecule has 9 heteroatoms. The van der Waals surface area contributed by atoms with Gasteiger partial charge in [-0.1, -0.05) is 15.9 Å². The van der Waals surface area contributed by atoms with Gasteiger partial charge in [0.25, 0.3) is 0 Å². The molecule has 1 aromatic heterocycles. The van der Waals surface area contributed by atoms with E-state index in [9.17, 15) is 18.0 Å². The van der Waals surface area contributed by atoms with E-state index >= 15 is 0 Å². The Morgan fingerprint density at radius 1 is 1.42 bits per heavy atom. The third kappa shape index (κ3) is 3.64. The van der Waals surface area contributed by atoms with Crippen molar-refractivity contribution in [2.75, 3.05) is 32.1 Å². The number of carbonyl (C=O) groups excluding carboxylic acids is 1. The summed E-state index contributed by atoms with van der Waals surface area (Å²) >= 11 is 2.99. The largest absolute Gasteiger partial charge is 0.462 e. The zero-order valence-electron chi connectivity index (χ0n) is 14.2. The topological polar surface area (TPSA) is 54.5 Å². The first-order chi connectivity index (χ1) is 12.2. The minimum atomic E-state index is -4.50. The summed E-state index contributed by atoms with van der Waals surface area (Å²) in [5.41, 5.74) is 0.000926. The number of fused-ring (bicyclic) bond motifs is 1. The van der Waals surface area contributed by atoms with E-state index in [4.69, 9.17) is 4.74 Å². The lowest BCUT2D eigenvalue weighted by Crippen LogP contribution is -2.52. The molecule has 1 saturated heterocycles. The van der Waals surface area contributed by atoms with Crippen LogP contribution in [0.15, 0.2) is 22.8 Å². The lowest BCUT2D eigenvalue weighted by molar-refractivity contribution is -0.138. The first kappa shape index (κ1) is 18.9. The van der Waals surface area contributed by atoms with Crippen LogP contribution in [0.25, 0.3) is 10.9 Å². The molecule has 26 heavy (non-hydrogen) atoms. The second kappa shape index (κ2) is 7.03. The summed E-state index contributed by atoms with van der Waals surface area (Å²) in [5.74, 6) is -0.562. The Balaban J connectivity index is 2.13. The summed E-state index contributed by atoms with van der Waals surface area (Å²) in [6.07, 6.45) is -3.24. The number of nitrogens with one attached hydrogen (secondary N) is 1. The van der Waals surface area contributed by atoms with Crippen LogP contribution in [0, 0.1) is 0 Å². The van der Waals surface area contributed by atoms with Gasteiger partial charge in [0.05, 0.1) is 29.4 Å². The number of esters is 1. The van der Waals surface area contributed by atoms with Crippen LogP contribution in [0.5, 0.6) is 0 Å². The van der Waals surface area contributed by atoms with Gasteiger partial charge in [0.2, 0.25) is 0 Å². The van der Waals surface area contributed by atoms with Crippen LogP contribution in [0.4, 0.5) is 18.9 Å². The molecule has 0 radical (unpaired) electrons. The normalized spacial score (nSPS) is 15.8. The van der Waals surface area contributed by atoms with E-state index in [1.54, 1.807) is 6.92 Å². The summed E-state index contributed by atoms with van der Waals surface area (Å²) in [7, 11) is 1.96. The van der Waals surface area contributed by atoms with E-state index in [1.807, 2.05) is 7.05 Å². The van der Waals surface area contributed by atoms with Gasteiger partial charge in [-0.2, -0.15) is 13.2 Å². The molecule has 1 N–H and O–H groups in total. The van der Waals surface area contributed by atoms with Crippen molar-refractivity contribution in [2.45, 2.75) is 19.1 Å². The van der Waals surface area contributed by atoms with E-state index in [-0.39, 0.29) is 28.2 Å². The number of nitrogens with zero attached hydrogens (tertiary/aromatic N) is 2. The van der Waals surface area contributed by atoms with Gasteiger partial charge in [0, 0.05) is 29.1 Å². The molecule has 5 nitrogen and oxygen atoms in total. The van der Waals surface area contributed by atoms with Crippen LogP contribution >= 0.6 is 15.9 Å². The third-order valence-corrected chi connectivity index (χ3v) is 4.83. The Hall–Kier alpha value is -1.87. The molecular formula is C17H17BrF3N3O2. The van der Waals surface area contributed by atoms with Crippen molar-refractivity contribution in [3.05, 3.63) is 33.9 Å². The van der Waals surface area contributed by atoms with E-state index < -0.39 is 17.7 Å². The monoisotopic (exact) mass is 431 g/mol. The number of aromatic nitrogens is 1.